The van der Waals surface area contributed by atoms with Gasteiger partial charge in [0.2, 0.25) is 0 Å². The van der Waals surface area contributed by atoms with Gasteiger partial charge in [0, 0.05) is 12.1 Å². The molecular formula is C30H36N2O5S. The molecule has 0 unspecified atom stereocenters. The lowest BCUT2D eigenvalue weighted by molar-refractivity contribution is -0.139. The van der Waals surface area contributed by atoms with Crippen LogP contribution in [0, 0.1) is 0 Å². The van der Waals surface area contributed by atoms with Crippen molar-refractivity contribution in [1.29, 1.82) is 0 Å². The van der Waals surface area contributed by atoms with Crippen LogP contribution in [0.25, 0.3) is 11.1 Å². The van der Waals surface area contributed by atoms with Gasteiger partial charge in [-0.05, 0) is 68.2 Å². The summed E-state index contributed by atoms with van der Waals surface area (Å²) in [6.07, 6.45) is 1.14. The van der Waals surface area contributed by atoms with Gasteiger partial charge in [0.05, 0.1) is 16.8 Å². The Morgan fingerprint density at radius 1 is 1.00 bits per heavy atom. The zero-order chi connectivity index (χ0) is 27.2. The van der Waals surface area contributed by atoms with E-state index in [0.717, 1.165) is 29.0 Å². The Balaban J connectivity index is 1.53. The van der Waals surface area contributed by atoms with Crippen LogP contribution in [-0.4, -0.2) is 68.5 Å². The van der Waals surface area contributed by atoms with Gasteiger partial charge in [0.25, 0.3) is 0 Å². The van der Waals surface area contributed by atoms with Crippen molar-refractivity contribution in [3.05, 3.63) is 84.4 Å². The van der Waals surface area contributed by atoms with E-state index in [1.165, 1.54) is 0 Å². The molecule has 1 fully saturated rings. The Bertz CT molecular complexity index is 1320. The molecule has 1 saturated heterocycles. The largest absolute Gasteiger partial charge is 0.496 e. The van der Waals surface area contributed by atoms with Crippen molar-refractivity contribution in [2.45, 2.75) is 41.9 Å². The number of sulfone groups is 1. The highest BCUT2D eigenvalue weighted by molar-refractivity contribution is 7.92. The minimum absolute atomic E-state index is 0.0814. The lowest BCUT2D eigenvalue weighted by atomic mass is 9.94. The molecule has 0 amide bonds. The Labute approximate surface area is 225 Å². The van der Waals surface area contributed by atoms with Crippen molar-refractivity contribution in [2.24, 2.45) is 0 Å². The van der Waals surface area contributed by atoms with Crippen molar-refractivity contribution in [2.75, 3.05) is 33.3 Å². The van der Waals surface area contributed by atoms with E-state index < -0.39 is 26.6 Å². The van der Waals surface area contributed by atoms with Gasteiger partial charge in [0.15, 0.2) is 9.84 Å². The quantitative estimate of drug-likeness (QED) is 0.378. The second-order valence-corrected chi connectivity index (χ2v) is 12.2. The third-order valence-electron chi connectivity index (χ3n) is 7.62. The van der Waals surface area contributed by atoms with Gasteiger partial charge in [-0.15, -0.1) is 0 Å². The van der Waals surface area contributed by atoms with Crippen LogP contribution in [0.2, 0.25) is 0 Å². The highest BCUT2D eigenvalue weighted by Crippen LogP contribution is 2.35. The van der Waals surface area contributed by atoms with E-state index in [9.17, 15) is 18.3 Å². The summed E-state index contributed by atoms with van der Waals surface area (Å²) in [6.45, 7) is 4.32. The average Bonchev–Trinajstić information content (AvgIpc) is 2.96. The number of likely N-dealkylation sites (tertiary alicyclic amines) is 1. The number of para-hydroxylation sites is 1. The van der Waals surface area contributed by atoms with Gasteiger partial charge in [-0.2, -0.15) is 0 Å². The molecule has 0 aromatic heterocycles. The summed E-state index contributed by atoms with van der Waals surface area (Å²) in [5.74, 6) is -0.235. The molecule has 4 rings (SSSR count). The van der Waals surface area contributed by atoms with E-state index >= 15 is 0 Å². The number of hydrogen-bond acceptors (Lipinski definition) is 6. The Morgan fingerprint density at radius 2 is 1.63 bits per heavy atom. The molecule has 8 heteroatoms. The molecule has 1 atom stereocenters. The molecule has 0 spiro atoms. The monoisotopic (exact) mass is 536 g/mol. The smallest absolute Gasteiger partial charge is 0.321 e. The van der Waals surface area contributed by atoms with Crippen LogP contribution in [0.5, 0.6) is 5.75 Å². The standard InChI is InChI=1S/C30H36N2O5S/c1-3-32-19-17-30(18-20-32,38(35,36)25-9-5-4-6-10-25)22-31-27(29(33)34)21-23-13-15-24(16-14-23)26-11-7-8-12-28(26)37-2/h4-16,27,31H,3,17-22H2,1-2H3,(H,33,34)/t27-/m0/s1. The maximum Gasteiger partial charge on any atom is 0.321 e. The van der Waals surface area contributed by atoms with Crippen LogP contribution in [0.15, 0.2) is 83.8 Å². The topological polar surface area (TPSA) is 95.9 Å². The number of benzene rings is 3. The number of aliphatic carboxylic acids is 1. The Morgan fingerprint density at radius 3 is 2.24 bits per heavy atom. The molecule has 7 nitrogen and oxygen atoms in total. The zero-order valence-electron chi connectivity index (χ0n) is 22.0. The summed E-state index contributed by atoms with van der Waals surface area (Å²) in [5.41, 5.74) is 2.78. The second kappa shape index (κ2) is 12.1. The number of carbonyl (C=O) groups is 1. The molecule has 0 bridgehead atoms. The van der Waals surface area contributed by atoms with Gasteiger partial charge in [0.1, 0.15) is 11.8 Å². The number of nitrogens with one attached hydrogen (secondary N) is 1. The first kappa shape index (κ1) is 27.8. The normalized spacial score (nSPS) is 16.6. The molecule has 202 valence electrons. The number of rotatable bonds is 11. The molecule has 1 heterocycles. The van der Waals surface area contributed by atoms with Crippen molar-refractivity contribution in [3.63, 3.8) is 0 Å². The van der Waals surface area contributed by atoms with Gasteiger partial charge in [-0.1, -0.05) is 67.6 Å². The van der Waals surface area contributed by atoms with E-state index in [4.69, 9.17) is 4.74 Å². The number of hydrogen-bond donors (Lipinski definition) is 2. The molecule has 3 aromatic carbocycles. The lowest BCUT2D eigenvalue weighted by Gasteiger charge is -2.41. The first-order valence-electron chi connectivity index (χ1n) is 13.0. The fourth-order valence-electron chi connectivity index (χ4n) is 5.16. The van der Waals surface area contributed by atoms with Crippen molar-refractivity contribution in [1.82, 2.24) is 10.2 Å². The number of ether oxygens (including phenoxy) is 1. The Kier molecular flexibility index (Phi) is 8.87. The van der Waals surface area contributed by atoms with Gasteiger partial charge < -0.3 is 20.1 Å². The van der Waals surface area contributed by atoms with E-state index in [1.807, 2.05) is 48.5 Å². The summed E-state index contributed by atoms with van der Waals surface area (Å²) < 4.78 is 32.1. The van der Waals surface area contributed by atoms with Gasteiger partial charge in [-0.3, -0.25) is 4.79 Å². The third-order valence-corrected chi connectivity index (χ3v) is 10.2. The van der Waals surface area contributed by atoms with Crippen LogP contribution in [0.4, 0.5) is 0 Å². The van der Waals surface area contributed by atoms with Gasteiger partial charge in [-0.25, -0.2) is 8.42 Å². The molecule has 3 aromatic rings. The molecule has 0 radical (unpaired) electrons. The maximum absolute atomic E-state index is 13.9. The minimum Gasteiger partial charge on any atom is -0.496 e. The number of methoxy groups -OCH3 is 1. The van der Waals surface area contributed by atoms with E-state index in [2.05, 4.69) is 17.1 Å². The molecule has 1 aliphatic rings. The van der Waals surface area contributed by atoms with Crippen molar-refractivity contribution < 1.29 is 23.1 Å². The molecular weight excluding hydrogens is 500 g/mol. The second-order valence-electron chi connectivity index (χ2n) is 9.81. The minimum atomic E-state index is -3.69. The van der Waals surface area contributed by atoms with Gasteiger partial charge >= 0.3 is 5.97 Å². The summed E-state index contributed by atoms with van der Waals surface area (Å²) in [7, 11) is -2.05. The molecule has 38 heavy (non-hydrogen) atoms. The van der Waals surface area contributed by atoms with Crippen LogP contribution in [0.1, 0.15) is 25.3 Å². The summed E-state index contributed by atoms with van der Waals surface area (Å²) >= 11 is 0. The van der Waals surface area contributed by atoms with Crippen LogP contribution >= 0.6 is 0 Å². The number of nitrogens with zero attached hydrogens (tertiary/aromatic N) is 1. The Hall–Kier alpha value is -3.20. The fourth-order valence-corrected chi connectivity index (χ4v) is 7.17. The van der Waals surface area contributed by atoms with Crippen LogP contribution in [-0.2, 0) is 21.1 Å². The molecule has 0 aliphatic carbocycles. The molecule has 2 N–H and O–H groups in total. The third kappa shape index (κ3) is 5.93. The summed E-state index contributed by atoms with van der Waals surface area (Å²) in [5, 5.41) is 13.1. The van der Waals surface area contributed by atoms with E-state index in [0.29, 0.717) is 25.9 Å². The fraction of sp³-hybridized carbons (Fsp3) is 0.367. The summed E-state index contributed by atoms with van der Waals surface area (Å²) in [6, 6.07) is 23.0. The lowest BCUT2D eigenvalue weighted by Crippen LogP contribution is -2.57. The average molecular weight is 537 g/mol. The van der Waals surface area contributed by atoms with Crippen LogP contribution < -0.4 is 10.1 Å². The van der Waals surface area contributed by atoms with E-state index in [1.54, 1.807) is 37.4 Å². The van der Waals surface area contributed by atoms with Crippen molar-refractivity contribution in [3.8, 4) is 16.9 Å². The number of piperidine rings is 1. The first-order chi connectivity index (χ1) is 18.3. The van der Waals surface area contributed by atoms with E-state index in [-0.39, 0.29) is 17.9 Å². The number of carboxylic acid groups (broad SMARTS) is 1. The zero-order valence-corrected chi connectivity index (χ0v) is 22.8. The molecule has 0 saturated carbocycles. The summed E-state index contributed by atoms with van der Waals surface area (Å²) in [4.78, 5) is 14.7. The maximum atomic E-state index is 13.9. The predicted octanol–water partition coefficient (Wildman–Crippen LogP) is 4.28. The first-order valence-corrected chi connectivity index (χ1v) is 14.5. The number of carboxylic acids is 1. The predicted molar refractivity (Wildman–Crippen MR) is 149 cm³/mol. The highest BCUT2D eigenvalue weighted by Gasteiger charge is 2.47. The SMILES string of the molecule is CCN1CCC(CN[C@@H](Cc2ccc(-c3ccccc3OC)cc2)C(=O)O)(S(=O)(=O)c2ccccc2)CC1. The molecule has 1 aliphatic heterocycles. The highest BCUT2D eigenvalue weighted by atomic mass is 32.2. The van der Waals surface area contributed by atoms with Crippen molar-refractivity contribution >= 4 is 15.8 Å². The van der Waals surface area contributed by atoms with Crippen LogP contribution in [0.3, 0.4) is 0 Å².